The predicted octanol–water partition coefficient (Wildman–Crippen LogP) is 2.94. The number of hydrogen-bond donors (Lipinski definition) is 1. The molecule has 1 N–H and O–H groups in total. The van der Waals surface area contributed by atoms with Crippen LogP contribution in [0.25, 0.3) is 0 Å². The van der Waals surface area contributed by atoms with Crippen molar-refractivity contribution in [2.75, 3.05) is 23.7 Å². The maximum Gasteiger partial charge on any atom is 0.240 e. The number of benzene rings is 1. The number of sulfonamides is 1. The van der Waals surface area contributed by atoms with Gasteiger partial charge in [0, 0.05) is 36.7 Å². The Morgan fingerprint density at radius 1 is 1.28 bits per heavy atom. The third kappa shape index (κ3) is 4.57. The Kier molecular flexibility index (Phi) is 6.07. The van der Waals surface area contributed by atoms with E-state index in [1.807, 2.05) is 11.8 Å². The molecule has 25 heavy (non-hydrogen) atoms. The molecule has 5 nitrogen and oxygen atoms in total. The Morgan fingerprint density at radius 2 is 2.04 bits per heavy atom. The monoisotopic (exact) mass is 382 g/mol. The van der Waals surface area contributed by atoms with Crippen LogP contribution in [0.2, 0.25) is 0 Å². The van der Waals surface area contributed by atoms with Crippen molar-refractivity contribution < 1.29 is 13.2 Å². The minimum absolute atomic E-state index is 0.00128. The van der Waals surface area contributed by atoms with Crippen LogP contribution in [0.4, 0.5) is 5.69 Å². The van der Waals surface area contributed by atoms with E-state index in [1.54, 1.807) is 30.0 Å². The molecule has 3 rings (SSSR count). The number of thioether (sulfide) groups is 1. The van der Waals surface area contributed by atoms with Gasteiger partial charge in [-0.3, -0.25) is 4.79 Å². The number of carbonyl (C=O) groups is 1. The number of amides is 1. The fourth-order valence-corrected chi connectivity index (χ4v) is 6.04. The van der Waals surface area contributed by atoms with Crippen LogP contribution in [0.5, 0.6) is 0 Å². The summed E-state index contributed by atoms with van der Waals surface area (Å²) >= 11 is 1.88. The van der Waals surface area contributed by atoms with Gasteiger partial charge in [-0.05, 0) is 49.4 Å². The number of nitrogens with zero attached hydrogens (tertiary/aromatic N) is 1. The second kappa shape index (κ2) is 8.10. The Bertz CT molecular complexity index is 728. The standard InChI is InChI=1S/C18H26N2O3S2/c1-14(21)20-11-4-5-15-13-17(8-9-18(15)20)25(22,23)19-10-12-24-16-6-2-3-7-16/h8-9,13,16,19H,2-7,10-12H2,1H3. The predicted molar refractivity (Wildman–Crippen MR) is 103 cm³/mol. The number of fused-ring (bicyclic) bond motifs is 1. The van der Waals surface area contributed by atoms with Gasteiger partial charge in [-0.2, -0.15) is 11.8 Å². The summed E-state index contributed by atoms with van der Waals surface area (Å²) in [6.07, 6.45) is 6.79. The Labute approximate surface area is 154 Å². The van der Waals surface area contributed by atoms with Crippen molar-refractivity contribution in [3.63, 3.8) is 0 Å². The van der Waals surface area contributed by atoms with Crippen molar-refractivity contribution in [2.24, 2.45) is 0 Å². The molecule has 1 aliphatic carbocycles. The highest BCUT2D eigenvalue weighted by atomic mass is 32.2. The van der Waals surface area contributed by atoms with Gasteiger partial charge in [0.05, 0.1) is 4.90 Å². The number of rotatable bonds is 6. The van der Waals surface area contributed by atoms with E-state index in [9.17, 15) is 13.2 Å². The fraction of sp³-hybridized carbons (Fsp3) is 0.611. The lowest BCUT2D eigenvalue weighted by molar-refractivity contribution is -0.116. The molecule has 0 unspecified atom stereocenters. The zero-order valence-corrected chi connectivity index (χ0v) is 16.3. The first kappa shape index (κ1) is 18.7. The van der Waals surface area contributed by atoms with Gasteiger partial charge in [0.2, 0.25) is 15.9 Å². The molecule has 0 bridgehead atoms. The molecule has 1 fully saturated rings. The molecular formula is C18H26N2O3S2. The Balaban J connectivity index is 1.63. The van der Waals surface area contributed by atoms with Gasteiger partial charge in [0.25, 0.3) is 0 Å². The molecule has 0 radical (unpaired) electrons. The molecule has 1 aromatic rings. The van der Waals surface area contributed by atoms with Crippen LogP contribution >= 0.6 is 11.8 Å². The molecule has 1 amide bonds. The van der Waals surface area contributed by atoms with Crippen LogP contribution < -0.4 is 9.62 Å². The van der Waals surface area contributed by atoms with E-state index in [2.05, 4.69) is 4.72 Å². The van der Waals surface area contributed by atoms with Crippen molar-refractivity contribution >= 4 is 33.4 Å². The normalized spacial score (nSPS) is 18.4. The van der Waals surface area contributed by atoms with Crippen molar-refractivity contribution in [1.29, 1.82) is 0 Å². The van der Waals surface area contributed by atoms with Crippen molar-refractivity contribution in [3.8, 4) is 0 Å². The van der Waals surface area contributed by atoms with E-state index in [0.29, 0.717) is 23.2 Å². The topological polar surface area (TPSA) is 66.5 Å². The first-order chi connectivity index (χ1) is 12.0. The molecular weight excluding hydrogens is 356 g/mol. The second-order valence-corrected chi connectivity index (χ2v) is 9.91. The minimum Gasteiger partial charge on any atom is -0.312 e. The first-order valence-corrected chi connectivity index (χ1v) is 11.5. The molecule has 1 aromatic carbocycles. The summed E-state index contributed by atoms with van der Waals surface area (Å²) in [6.45, 7) is 2.70. The largest absolute Gasteiger partial charge is 0.312 e. The van der Waals surface area contributed by atoms with Gasteiger partial charge in [-0.15, -0.1) is 0 Å². The summed E-state index contributed by atoms with van der Waals surface area (Å²) < 4.78 is 27.8. The highest BCUT2D eigenvalue weighted by molar-refractivity contribution is 8.00. The van der Waals surface area contributed by atoms with E-state index >= 15 is 0 Å². The summed E-state index contributed by atoms with van der Waals surface area (Å²) in [7, 11) is -3.49. The minimum atomic E-state index is -3.49. The average Bonchev–Trinajstić information content (AvgIpc) is 3.11. The van der Waals surface area contributed by atoms with E-state index < -0.39 is 10.0 Å². The van der Waals surface area contributed by atoms with Crippen molar-refractivity contribution in [3.05, 3.63) is 23.8 Å². The lowest BCUT2D eigenvalue weighted by Gasteiger charge is -2.28. The second-order valence-electron chi connectivity index (χ2n) is 6.74. The van der Waals surface area contributed by atoms with Gasteiger partial charge < -0.3 is 4.90 Å². The molecule has 0 atom stereocenters. The zero-order valence-electron chi connectivity index (χ0n) is 14.7. The summed E-state index contributed by atoms with van der Waals surface area (Å²) in [6, 6.07) is 5.08. The van der Waals surface area contributed by atoms with E-state index in [-0.39, 0.29) is 5.91 Å². The van der Waals surface area contributed by atoms with E-state index in [1.165, 1.54) is 25.7 Å². The summed E-state index contributed by atoms with van der Waals surface area (Å²) in [5.41, 5.74) is 1.78. The van der Waals surface area contributed by atoms with Crippen LogP contribution in [0.1, 0.15) is 44.6 Å². The molecule has 138 valence electrons. The lowest BCUT2D eigenvalue weighted by Crippen LogP contribution is -2.34. The van der Waals surface area contributed by atoms with Crippen LogP contribution in [-0.2, 0) is 21.2 Å². The van der Waals surface area contributed by atoms with Gasteiger partial charge in [0.1, 0.15) is 0 Å². The van der Waals surface area contributed by atoms with Gasteiger partial charge in [0.15, 0.2) is 0 Å². The third-order valence-corrected chi connectivity index (χ3v) is 7.75. The van der Waals surface area contributed by atoms with Crippen LogP contribution in [0, 0.1) is 0 Å². The molecule has 7 heteroatoms. The number of carbonyl (C=O) groups excluding carboxylic acids is 1. The summed E-state index contributed by atoms with van der Waals surface area (Å²) in [5.74, 6) is 0.811. The molecule has 1 saturated carbocycles. The molecule has 2 aliphatic rings. The highest BCUT2D eigenvalue weighted by Gasteiger charge is 2.23. The zero-order chi connectivity index (χ0) is 17.9. The molecule has 1 aliphatic heterocycles. The maximum absolute atomic E-state index is 12.5. The SMILES string of the molecule is CC(=O)N1CCCc2cc(S(=O)(=O)NCCSC3CCCC3)ccc21. The molecule has 0 spiro atoms. The van der Waals surface area contributed by atoms with Gasteiger partial charge >= 0.3 is 0 Å². The maximum atomic E-state index is 12.5. The number of anilines is 1. The molecule has 0 saturated heterocycles. The first-order valence-electron chi connectivity index (χ1n) is 9.00. The van der Waals surface area contributed by atoms with Crippen molar-refractivity contribution in [2.45, 2.75) is 55.6 Å². The average molecular weight is 383 g/mol. The molecule has 1 heterocycles. The lowest BCUT2D eigenvalue weighted by atomic mass is 10.0. The Hall–Kier alpha value is -1.05. The molecule has 0 aromatic heterocycles. The Morgan fingerprint density at radius 3 is 2.76 bits per heavy atom. The third-order valence-electron chi connectivity index (χ3n) is 4.91. The van der Waals surface area contributed by atoms with Gasteiger partial charge in [-0.1, -0.05) is 12.8 Å². The van der Waals surface area contributed by atoms with Crippen molar-refractivity contribution in [1.82, 2.24) is 4.72 Å². The summed E-state index contributed by atoms with van der Waals surface area (Å²) in [5, 5.41) is 0.700. The van der Waals surface area contributed by atoms with Crippen LogP contribution in [-0.4, -0.2) is 38.4 Å². The number of hydrogen-bond acceptors (Lipinski definition) is 4. The van der Waals surface area contributed by atoms with Crippen LogP contribution in [0.15, 0.2) is 23.1 Å². The summed E-state index contributed by atoms with van der Waals surface area (Å²) in [4.78, 5) is 13.7. The van der Waals surface area contributed by atoms with E-state index in [4.69, 9.17) is 0 Å². The highest BCUT2D eigenvalue weighted by Crippen LogP contribution is 2.30. The number of aryl methyl sites for hydroxylation is 1. The smallest absolute Gasteiger partial charge is 0.240 e. The van der Waals surface area contributed by atoms with Gasteiger partial charge in [-0.25, -0.2) is 13.1 Å². The van der Waals surface area contributed by atoms with E-state index in [0.717, 1.165) is 29.8 Å². The fourth-order valence-electron chi connectivity index (χ4n) is 3.61. The quantitative estimate of drug-likeness (QED) is 0.768. The van der Waals surface area contributed by atoms with Crippen LogP contribution in [0.3, 0.4) is 0 Å². The number of nitrogens with one attached hydrogen (secondary N) is 1.